The van der Waals surface area contributed by atoms with Crippen LogP contribution in [-0.2, 0) is 4.74 Å². The van der Waals surface area contributed by atoms with E-state index in [0.29, 0.717) is 18.5 Å². The minimum atomic E-state index is -0.442. The Bertz CT molecular complexity index is 270. The van der Waals surface area contributed by atoms with Crippen molar-refractivity contribution in [3.05, 3.63) is 0 Å². The molecule has 1 atom stereocenters. The highest BCUT2D eigenvalue weighted by Gasteiger charge is 2.23. The Morgan fingerprint density at radius 2 is 2.00 bits per heavy atom. The van der Waals surface area contributed by atoms with Crippen molar-refractivity contribution < 1.29 is 9.53 Å². The summed E-state index contributed by atoms with van der Waals surface area (Å²) in [6, 6.07) is 0.808. The predicted octanol–water partition coefficient (Wildman–Crippen LogP) is 1.10. The Morgan fingerprint density at radius 1 is 1.39 bits per heavy atom. The summed E-state index contributed by atoms with van der Waals surface area (Å²) in [7, 11) is 0. The van der Waals surface area contributed by atoms with E-state index >= 15 is 0 Å². The molecule has 0 aromatic rings. The maximum atomic E-state index is 11.6. The molecule has 3 N–H and O–H groups in total. The highest BCUT2D eigenvalue weighted by atomic mass is 16.6. The third kappa shape index (κ3) is 5.69. The van der Waals surface area contributed by atoms with Gasteiger partial charge in [0.2, 0.25) is 0 Å². The molecule has 106 valence electrons. The molecule has 1 unspecified atom stereocenters. The van der Waals surface area contributed by atoms with Crippen LogP contribution in [-0.4, -0.2) is 43.4 Å². The van der Waals surface area contributed by atoms with Crippen LogP contribution in [0.25, 0.3) is 0 Å². The molecule has 0 radical (unpaired) electrons. The summed E-state index contributed by atoms with van der Waals surface area (Å²) in [6.45, 7) is 12.5. The van der Waals surface area contributed by atoms with Gasteiger partial charge in [-0.25, -0.2) is 4.79 Å². The first kappa shape index (κ1) is 15.2. The molecule has 1 rings (SSSR count). The smallest absolute Gasteiger partial charge is 0.407 e. The molecule has 0 aromatic heterocycles. The summed E-state index contributed by atoms with van der Waals surface area (Å²) < 4.78 is 5.22. The van der Waals surface area contributed by atoms with Gasteiger partial charge in [-0.15, -0.1) is 0 Å². The lowest BCUT2D eigenvalue weighted by atomic mass is 10.0. The standard InChI is InChI=1S/C13H27N3O2/c1-9(2)11(16-10-6-14-7-10)8-15-12(17)18-13(3,4)5/h9-11,14,16H,6-8H2,1-5H3,(H,15,17). The van der Waals surface area contributed by atoms with Gasteiger partial charge in [0.1, 0.15) is 5.60 Å². The van der Waals surface area contributed by atoms with Gasteiger partial charge in [-0.1, -0.05) is 13.8 Å². The number of hydrogen-bond acceptors (Lipinski definition) is 4. The zero-order valence-corrected chi connectivity index (χ0v) is 12.2. The molecular formula is C13H27N3O2. The van der Waals surface area contributed by atoms with Crippen LogP contribution >= 0.6 is 0 Å². The minimum Gasteiger partial charge on any atom is -0.444 e. The Morgan fingerprint density at radius 3 is 2.39 bits per heavy atom. The lowest BCUT2D eigenvalue weighted by Gasteiger charge is -2.34. The number of amides is 1. The highest BCUT2D eigenvalue weighted by molar-refractivity contribution is 5.67. The van der Waals surface area contributed by atoms with Crippen LogP contribution < -0.4 is 16.0 Å². The van der Waals surface area contributed by atoms with E-state index in [1.54, 1.807) is 0 Å². The monoisotopic (exact) mass is 257 g/mol. The average Bonchev–Trinajstić information content (AvgIpc) is 2.11. The zero-order valence-electron chi connectivity index (χ0n) is 12.2. The SMILES string of the molecule is CC(C)C(CNC(=O)OC(C)(C)C)NC1CNC1. The second-order valence-corrected chi connectivity index (χ2v) is 6.26. The van der Waals surface area contributed by atoms with E-state index in [1.165, 1.54) is 0 Å². The molecule has 1 fully saturated rings. The zero-order chi connectivity index (χ0) is 13.8. The third-order valence-corrected chi connectivity index (χ3v) is 2.90. The van der Waals surface area contributed by atoms with E-state index < -0.39 is 5.60 Å². The lowest BCUT2D eigenvalue weighted by Crippen LogP contribution is -2.60. The van der Waals surface area contributed by atoms with Crippen LogP contribution in [0.3, 0.4) is 0 Å². The van der Waals surface area contributed by atoms with Crippen molar-refractivity contribution >= 4 is 6.09 Å². The Hall–Kier alpha value is -0.810. The molecule has 5 nitrogen and oxygen atoms in total. The van der Waals surface area contributed by atoms with Gasteiger partial charge in [0.15, 0.2) is 0 Å². The second-order valence-electron chi connectivity index (χ2n) is 6.26. The molecule has 0 bridgehead atoms. The molecule has 1 aliphatic heterocycles. The third-order valence-electron chi connectivity index (χ3n) is 2.90. The van der Waals surface area contributed by atoms with Crippen LogP contribution in [0.5, 0.6) is 0 Å². The second kappa shape index (κ2) is 6.38. The van der Waals surface area contributed by atoms with E-state index in [4.69, 9.17) is 4.74 Å². The minimum absolute atomic E-state index is 0.282. The van der Waals surface area contributed by atoms with Crippen molar-refractivity contribution in [3.63, 3.8) is 0 Å². The van der Waals surface area contributed by atoms with Gasteiger partial charge >= 0.3 is 6.09 Å². The van der Waals surface area contributed by atoms with Gasteiger partial charge in [0.05, 0.1) is 0 Å². The van der Waals surface area contributed by atoms with E-state index in [9.17, 15) is 4.79 Å². The number of carbonyl (C=O) groups excluding carboxylic acids is 1. The maximum Gasteiger partial charge on any atom is 0.407 e. The summed E-state index contributed by atoms with van der Waals surface area (Å²) in [5.74, 6) is 0.473. The number of carbonyl (C=O) groups is 1. The highest BCUT2D eigenvalue weighted by Crippen LogP contribution is 2.07. The molecule has 1 amide bonds. The topological polar surface area (TPSA) is 62.4 Å². The van der Waals surface area contributed by atoms with Gasteiger partial charge < -0.3 is 20.7 Å². The molecule has 0 aromatic carbocycles. The van der Waals surface area contributed by atoms with Crippen molar-refractivity contribution in [2.75, 3.05) is 19.6 Å². The molecule has 0 spiro atoms. The van der Waals surface area contributed by atoms with Crippen molar-refractivity contribution in [3.8, 4) is 0 Å². The van der Waals surface area contributed by atoms with E-state index in [1.807, 2.05) is 20.8 Å². The first-order valence-corrected chi connectivity index (χ1v) is 6.71. The number of hydrogen-bond donors (Lipinski definition) is 3. The first-order chi connectivity index (χ1) is 8.28. The van der Waals surface area contributed by atoms with Crippen LogP contribution in [0.4, 0.5) is 4.79 Å². The van der Waals surface area contributed by atoms with Crippen LogP contribution in [0, 0.1) is 5.92 Å². The molecule has 0 saturated carbocycles. The average molecular weight is 257 g/mol. The Balaban J connectivity index is 2.30. The number of nitrogens with one attached hydrogen (secondary N) is 3. The lowest BCUT2D eigenvalue weighted by molar-refractivity contribution is 0.0517. The summed E-state index contributed by atoms with van der Waals surface area (Å²) in [4.78, 5) is 11.6. The van der Waals surface area contributed by atoms with E-state index in [0.717, 1.165) is 13.1 Å². The summed E-state index contributed by atoms with van der Waals surface area (Å²) in [5.41, 5.74) is -0.442. The normalized spacial score (nSPS) is 18.3. The molecule has 5 heteroatoms. The Labute approximate surface area is 110 Å². The molecule has 1 heterocycles. The fraction of sp³-hybridized carbons (Fsp3) is 0.923. The van der Waals surface area contributed by atoms with Gasteiger partial charge in [-0.3, -0.25) is 0 Å². The summed E-state index contributed by atoms with van der Waals surface area (Å²) in [5, 5.41) is 9.60. The first-order valence-electron chi connectivity index (χ1n) is 6.71. The van der Waals surface area contributed by atoms with Crippen molar-refractivity contribution in [2.45, 2.75) is 52.3 Å². The van der Waals surface area contributed by atoms with Crippen molar-refractivity contribution in [2.24, 2.45) is 5.92 Å². The van der Waals surface area contributed by atoms with Crippen LogP contribution in [0.1, 0.15) is 34.6 Å². The fourth-order valence-corrected chi connectivity index (χ4v) is 1.70. The van der Waals surface area contributed by atoms with Crippen LogP contribution in [0.2, 0.25) is 0 Å². The summed E-state index contributed by atoms with van der Waals surface area (Å²) in [6.07, 6.45) is -0.346. The fourth-order valence-electron chi connectivity index (χ4n) is 1.70. The Kier molecular flexibility index (Phi) is 5.41. The molecule has 0 aliphatic carbocycles. The van der Waals surface area contributed by atoms with Gasteiger partial charge in [0, 0.05) is 31.7 Å². The number of ether oxygens (including phenoxy) is 1. The number of alkyl carbamates (subject to hydrolysis) is 1. The summed E-state index contributed by atoms with van der Waals surface area (Å²) >= 11 is 0. The maximum absolute atomic E-state index is 11.6. The van der Waals surface area contributed by atoms with E-state index in [2.05, 4.69) is 29.8 Å². The van der Waals surface area contributed by atoms with Crippen LogP contribution in [0.15, 0.2) is 0 Å². The molecule has 18 heavy (non-hydrogen) atoms. The van der Waals surface area contributed by atoms with Gasteiger partial charge in [-0.05, 0) is 26.7 Å². The van der Waals surface area contributed by atoms with Crippen molar-refractivity contribution in [1.82, 2.24) is 16.0 Å². The van der Waals surface area contributed by atoms with Gasteiger partial charge in [0.25, 0.3) is 0 Å². The molecule has 1 aliphatic rings. The van der Waals surface area contributed by atoms with Gasteiger partial charge in [-0.2, -0.15) is 0 Å². The molecule has 1 saturated heterocycles. The van der Waals surface area contributed by atoms with Crippen molar-refractivity contribution in [1.29, 1.82) is 0 Å². The largest absolute Gasteiger partial charge is 0.444 e. The quantitative estimate of drug-likeness (QED) is 0.690. The predicted molar refractivity (Wildman–Crippen MR) is 72.7 cm³/mol. The number of rotatable bonds is 5. The van der Waals surface area contributed by atoms with E-state index in [-0.39, 0.29) is 12.1 Å². The molecular weight excluding hydrogens is 230 g/mol.